The minimum Gasteiger partial charge on any atom is -0.493 e. The smallest absolute Gasteiger partial charge is 0.240 e. The summed E-state index contributed by atoms with van der Waals surface area (Å²) in [4.78, 5) is 12.2. The van der Waals surface area contributed by atoms with Crippen LogP contribution in [0.2, 0.25) is 0 Å². The molecule has 0 atom stereocenters. The molecule has 6 heteroatoms. The summed E-state index contributed by atoms with van der Waals surface area (Å²) in [5.41, 5.74) is 6.09. The average molecular weight is 467 g/mol. The topological polar surface area (TPSA) is 69.2 Å². The van der Waals surface area contributed by atoms with Crippen LogP contribution in [-0.4, -0.2) is 25.5 Å². The van der Waals surface area contributed by atoms with Crippen LogP contribution in [0.4, 0.5) is 0 Å². The number of rotatable bonds is 11. The zero-order chi connectivity index (χ0) is 24.8. The van der Waals surface area contributed by atoms with Crippen molar-refractivity contribution in [2.45, 2.75) is 78.1 Å². The van der Waals surface area contributed by atoms with Crippen molar-refractivity contribution < 1.29 is 19.0 Å². The summed E-state index contributed by atoms with van der Waals surface area (Å²) < 4.78 is 16.8. The fraction of sp³-hybridized carbons (Fsp3) is 0.500. The van der Waals surface area contributed by atoms with Gasteiger partial charge in [0.05, 0.1) is 12.8 Å². The Hall–Kier alpha value is -3.02. The van der Waals surface area contributed by atoms with Crippen LogP contribution in [0.1, 0.15) is 83.9 Å². The van der Waals surface area contributed by atoms with Crippen LogP contribution < -0.4 is 19.6 Å². The van der Waals surface area contributed by atoms with Crippen molar-refractivity contribution in [1.29, 1.82) is 0 Å². The quantitative estimate of drug-likeness (QED) is 0.247. The van der Waals surface area contributed by atoms with Crippen LogP contribution in [0, 0.1) is 0 Å². The summed E-state index contributed by atoms with van der Waals surface area (Å²) in [6.07, 6.45) is 4.63. The van der Waals surface area contributed by atoms with Crippen molar-refractivity contribution in [3.63, 3.8) is 0 Å². The predicted octanol–water partition coefficient (Wildman–Crippen LogP) is 6.10. The van der Waals surface area contributed by atoms with Crippen molar-refractivity contribution in [2.75, 3.05) is 13.4 Å². The molecule has 1 aliphatic rings. The van der Waals surface area contributed by atoms with Gasteiger partial charge in [-0.15, -0.1) is 0 Å². The molecular weight excluding hydrogens is 428 g/mol. The number of hydrazone groups is 1. The number of ether oxygens (including phenoxy) is 3. The van der Waals surface area contributed by atoms with Gasteiger partial charge in [-0.05, 0) is 65.5 Å². The highest BCUT2D eigenvalue weighted by Crippen LogP contribution is 2.38. The lowest BCUT2D eigenvalue weighted by molar-refractivity contribution is -0.121. The van der Waals surface area contributed by atoms with Crippen LogP contribution in [0.3, 0.4) is 0 Å². The second kappa shape index (κ2) is 10.9. The van der Waals surface area contributed by atoms with Crippen LogP contribution in [0.5, 0.6) is 17.2 Å². The second-order valence-corrected chi connectivity index (χ2v) is 10.0. The Bertz CT molecular complexity index is 1030. The van der Waals surface area contributed by atoms with Gasteiger partial charge in [0.1, 0.15) is 5.75 Å². The van der Waals surface area contributed by atoms with E-state index >= 15 is 0 Å². The van der Waals surface area contributed by atoms with E-state index in [4.69, 9.17) is 14.2 Å². The number of hydrogen-bond donors (Lipinski definition) is 1. The van der Waals surface area contributed by atoms with Gasteiger partial charge in [0.25, 0.3) is 0 Å². The Morgan fingerprint density at radius 1 is 1.03 bits per heavy atom. The lowest BCUT2D eigenvalue weighted by atomic mass is 9.76. The maximum Gasteiger partial charge on any atom is 0.240 e. The number of hydrogen-bond acceptors (Lipinski definition) is 5. The van der Waals surface area contributed by atoms with Gasteiger partial charge in [-0.3, -0.25) is 4.79 Å². The first-order chi connectivity index (χ1) is 16.2. The van der Waals surface area contributed by atoms with E-state index in [1.807, 2.05) is 18.2 Å². The maximum absolute atomic E-state index is 12.2. The number of amides is 1. The number of benzene rings is 2. The molecule has 1 aliphatic heterocycles. The molecule has 0 saturated heterocycles. The summed E-state index contributed by atoms with van der Waals surface area (Å²) in [6.45, 7) is 14.2. The number of carbonyl (C=O) groups is 1. The van der Waals surface area contributed by atoms with Gasteiger partial charge >= 0.3 is 0 Å². The fourth-order valence-corrected chi connectivity index (χ4v) is 3.64. The SMILES string of the molecule is CCC(C)(C)c1ccc(OCCCC(=O)NN=Cc2ccc3c(c2)OCO3)c(C(C)(C)CC)c1. The summed E-state index contributed by atoms with van der Waals surface area (Å²) in [6, 6.07) is 12.1. The van der Waals surface area contributed by atoms with E-state index in [2.05, 4.69) is 70.3 Å². The van der Waals surface area contributed by atoms with Crippen molar-refractivity contribution in [1.82, 2.24) is 5.43 Å². The Labute approximate surface area is 203 Å². The third-order valence-electron chi connectivity index (χ3n) is 6.86. The van der Waals surface area contributed by atoms with Crippen LogP contribution >= 0.6 is 0 Å². The Kier molecular flexibility index (Phi) is 8.24. The molecule has 0 aliphatic carbocycles. The third kappa shape index (κ3) is 6.31. The Morgan fingerprint density at radius 3 is 2.50 bits per heavy atom. The van der Waals surface area contributed by atoms with E-state index in [1.165, 1.54) is 11.1 Å². The minimum absolute atomic E-state index is 0.00990. The van der Waals surface area contributed by atoms with Gasteiger partial charge in [0.15, 0.2) is 11.5 Å². The highest BCUT2D eigenvalue weighted by atomic mass is 16.7. The molecule has 0 fully saturated rings. The molecule has 34 heavy (non-hydrogen) atoms. The zero-order valence-corrected chi connectivity index (χ0v) is 21.4. The third-order valence-corrected chi connectivity index (χ3v) is 6.86. The molecule has 0 spiro atoms. The average Bonchev–Trinajstić information content (AvgIpc) is 3.29. The van der Waals surface area contributed by atoms with E-state index in [1.54, 1.807) is 6.21 Å². The van der Waals surface area contributed by atoms with Gasteiger partial charge in [0.2, 0.25) is 12.7 Å². The molecule has 1 amide bonds. The highest BCUT2D eigenvalue weighted by molar-refractivity contribution is 5.83. The van der Waals surface area contributed by atoms with Crippen LogP contribution in [0.15, 0.2) is 41.5 Å². The van der Waals surface area contributed by atoms with Gasteiger partial charge in [-0.1, -0.05) is 53.7 Å². The lowest BCUT2D eigenvalue weighted by Crippen LogP contribution is -2.21. The molecule has 0 aromatic heterocycles. The Balaban J connectivity index is 1.52. The van der Waals surface area contributed by atoms with Gasteiger partial charge in [-0.25, -0.2) is 5.43 Å². The zero-order valence-electron chi connectivity index (χ0n) is 21.4. The maximum atomic E-state index is 12.2. The molecule has 184 valence electrons. The normalized spacial score (nSPS) is 13.4. The summed E-state index contributed by atoms with van der Waals surface area (Å²) in [5, 5.41) is 4.04. The highest BCUT2D eigenvalue weighted by Gasteiger charge is 2.26. The van der Waals surface area contributed by atoms with Gasteiger partial charge in [0, 0.05) is 12.0 Å². The van der Waals surface area contributed by atoms with Crippen molar-refractivity contribution in [2.24, 2.45) is 5.10 Å². The minimum atomic E-state index is -0.144. The van der Waals surface area contributed by atoms with Crippen molar-refractivity contribution in [3.05, 3.63) is 53.1 Å². The number of fused-ring (bicyclic) bond motifs is 1. The molecule has 6 nitrogen and oxygen atoms in total. The van der Waals surface area contributed by atoms with E-state index in [0.717, 1.165) is 29.9 Å². The predicted molar refractivity (Wildman–Crippen MR) is 136 cm³/mol. The number of nitrogens with one attached hydrogen (secondary N) is 1. The first-order valence-corrected chi connectivity index (χ1v) is 12.2. The van der Waals surface area contributed by atoms with Gasteiger partial charge in [-0.2, -0.15) is 5.10 Å². The number of nitrogens with zero attached hydrogens (tertiary/aromatic N) is 1. The van der Waals surface area contributed by atoms with Crippen molar-refractivity contribution in [3.8, 4) is 17.2 Å². The molecule has 2 aromatic carbocycles. The molecule has 0 saturated carbocycles. The lowest BCUT2D eigenvalue weighted by Gasteiger charge is -2.30. The monoisotopic (exact) mass is 466 g/mol. The van der Waals surface area contributed by atoms with Crippen molar-refractivity contribution >= 4 is 12.1 Å². The van der Waals surface area contributed by atoms with E-state index in [9.17, 15) is 4.79 Å². The number of carbonyl (C=O) groups excluding carboxylic acids is 1. The van der Waals surface area contributed by atoms with Crippen LogP contribution in [0.25, 0.3) is 0 Å². The summed E-state index contributed by atoms with van der Waals surface area (Å²) in [5.74, 6) is 2.17. The second-order valence-electron chi connectivity index (χ2n) is 10.0. The molecule has 3 rings (SSSR count). The van der Waals surface area contributed by atoms with Gasteiger partial charge < -0.3 is 14.2 Å². The molecule has 0 unspecified atom stereocenters. The fourth-order valence-electron chi connectivity index (χ4n) is 3.64. The van der Waals surface area contributed by atoms with E-state index < -0.39 is 0 Å². The molecule has 0 bridgehead atoms. The Morgan fingerprint density at radius 2 is 1.76 bits per heavy atom. The first-order valence-electron chi connectivity index (χ1n) is 12.2. The van der Waals surface area contributed by atoms with E-state index in [0.29, 0.717) is 25.2 Å². The van der Waals surface area contributed by atoms with E-state index in [-0.39, 0.29) is 23.5 Å². The molecule has 0 radical (unpaired) electrons. The largest absolute Gasteiger partial charge is 0.493 e. The standard InChI is InChI=1S/C28H38N2O4/c1-7-27(3,4)21-12-14-23(22(17-21)28(5,6)8-2)32-15-9-10-26(31)30-29-18-20-11-13-24-25(16-20)34-19-33-24/h11-14,16-18H,7-10,15,19H2,1-6H3,(H,30,31). The molecule has 1 N–H and O–H groups in total. The molecular formula is C28H38N2O4. The molecule has 2 aromatic rings. The van der Waals surface area contributed by atoms with Crippen LogP contribution in [-0.2, 0) is 15.6 Å². The summed E-state index contributed by atoms with van der Waals surface area (Å²) in [7, 11) is 0. The first kappa shape index (κ1) is 25.6. The summed E-state index contributed by atoms with van der Waals surface area (Å²) >= 11 is 0. The molecule has 1 heterocycles.